The maximum absolute atomic E-state index is 13.3. The van der Waals surface area contributed by atoms with Gasteiger partial charge in [0.05, 0.1) is 26.1 Å². The molecule has 1 aliphatic rings. The number of nitrogens with one attached hydrogen (secondary N) is 1. The van der Waals surface area contributed by atoms with E-state index in [9.17, 15) is 34.6 Å². The smallest absolute Gasteiger partial charge is 0.744 e. The molecule has 0 amide bonds. The van der Waals surface area contributed by atoms with Crippen molar-refractivity contribution in [3.05, 3.63) is 95.3 Å². The standard InChI is InChI=1S/C27H22N5O8S3.2Na.O3S/c1-4-41(34,35)19-9-7-18(8-10-19)29-31-22-12-6-17-15-23(43(38,39)40)26(25(28)24(17)27(22)33)32-30-21-13-11-20(14-16(21)3)42(36,37)5-2;;;1-4(2)3/h4-11,13-15,29H,1-2,28H2,3H3,(H,38,39,40);;;/q-1;2*+1;/p-1. The molecule has 0 bridgehead atoms. The molecular formula is C27H21N5Na2O11S4. The molecule has 49 heavy (non-hydrogen) atoms. The van der Waals surface area contributed by atoms with Gasteiger partial charge in [-0.25, -0.2) is 25.3 Å². The van der Waals surface area contributed by atoms with Crippen LogP contribution in [0.3, 0.4) is 0 Å². The molecule has 22 heteroatoms. The predicted octanol–water partition coefficient (Wildman–Crippen LogP) is -2.78. The van der Waals surface area contributed by atoms with Crippen molar-refractivity contribution in [2.24, 2.45) is 15.3 Å². The van der Waals surface area contributed by atoms with Crippen LogP contribution in [-0.4, -0.2) is 53.9 Å². The SMILES string of the molecule is C=CS(=O)(=O)c1ccc(NN=C2[C-]=Cc3cc(S(=O)(=O)[O-])c(N=Nc4ccc(S(=O)(=O)C=C)cc4C)c(N)c3C2=O)cc1.O=S(=O)=O.[Na+].[Na+]. The van der Waals surface area contributed by atoms with Crippen LogP contribution in [-0.2, 0) is 40.4 Å². The van der Waals surface area contributed by atoms with E-state index in [4.69, 9.17) is 18.4 Å². The number of nitrogens with zero attached hydrogens (tertiary/aromatic N) is 3. The fourth-order valence-electron chi connectivity index (χ4n) is 3.82. The van der Waals surface area contributed by atoms with Crippen LogP contribution in [0.1, 0.15) is 21.5 Å². The Kier molecular flexibility index (Phi) is 15.8. The summed E-state index contributed by atoms with van der Waals surface area (Å²) in [6, 6.07) is 10.2. The Morgan fingerprint density at radius 3 is 1.92 bits per heavy atom. The number of benzene rings is 3. The minimum atomic E-state index is -5.15. The summed E-state index contributed by atoms with van der Waals surface area (Å²) in [6.07, 6.45) is 3.81. The van der Waals surface area contributed by atoms with E-state index in [-0.39, 0.29) is 91.4 Å². The summed E-state index contributed by atoms with van der Waals surface area (Å²) in [5, 5.41) is 13.4. The summed E-state index contributed by atoms with van der Waals surface area (Å²) < 4.78 is 109. The minimum Gasteiger partial charge on any atom is -0.744 e. The van der Waals surface area contributed by atoms with Crippen molar-refractivity contribution in [1.29, 1.82) is 0 Å². The zero-order valence-electron chi connectivity index (χ0n) is 25.8. The van der Waals surface area contributed by atoms with E-state index >= 15 is 0 Å². The molecule has 0 radical (unpaired) electrons. The number of hydrogen-bond acceptors (Lipinski definition) is 16. The van der Waals surface area contributed by atoms with E-state index in [1.165, 1.54) is 55.5 Å². The van der Waals surface area contributed by atoms with E-state index < -0.39 is 62.5 Å². The van der Waals surface area contributed by atoms with Gasteiger partial charge in [0.2, 0.25) is 0 Å². The number of aryl methyl sites for hydroxylation is 1. The molecule has 246 valence electrons. The maximum atomic E-state index is 13.3. The molecule has 0 aromatic heterocycles. The third kappa shape index (κ3) is 10.9. The number of nitrogens with two attached hydrogens (primary N) is 1. The number of rotatable bonds is 9. The molecule has 0 aliphatic heterocycles. The summed E-state index contributed by atoms with van der Waals surface area (Å²) in [5.41, 5.74) is 8.03. The Bertz CT molecular complexity index is 2350. The second-order valence-corrected chi connectivity index (χ2v) is 14.6. The molecular weight excluding hydrogens is 745 g/mol. The zero-order chi connectivity index (χ0) is 35.3. The van der Waals surface area contributed by atoms with Gasteiger partial charge >= 0.3 is 69.7 Å². The molecule has 3 N–H and O–H groups in total. The fourth-order valence-corrected chi connectivity index (χ4v) is 5.97. The van der Waals surface area contributed by atoms with E-state index in [1.807, 2.05) is 0 Å². The van der Waals surface area contributed by atoms with E-state index in [2.05, 4.69) is 40.0 Å². The van der Waals surface area contributed by atoms with Crippen LogP contribution < -0.4 is 70.3 Å². The van der Waals surface area contributed by atoms with Gasteiger partial charge in [-0.2, -0.15) is 22.4 Å². The monoisotopic (exact) mass is 765 g/mol. The number of sulfone groups is 2. The van der Waals surface area contributed by atoms with E-state index in [1.54, 1.807) is 0 Å². The molecule has 16 nitrogen and oxygen atoms in total. The first-order valence-corrected chi connectivity index (χ1v) is 17.9. The minimum absolute atomic E-state index is 0. The number of nitrogen functional groups attached to an aromatic ring is 1. The van der Waals surface area contributed by atoms with Crippen molar-refractivity contribution in [2.45, 2.75) is 21.6 Å². The van der Waals surface area contributed by atoms with Crippen LogP contribution >= 0.6 is 0 Å². The first-order chi connectivity index (χ1) is 21.8. The van der Waals surface area contributed by atoms with Crippen molar-refractivity contribution in [2.75, 3.05) is 11.2 Å². The molecule has 0 saturated carbocycles. The number of anilines is 2. The second kappa shape index (κ2) is 17.7. The van der Waals surface area contributed by atoms with Crippen molar-refractivity contribution >= 4 is 80.7 Å². The number of hydrogen-bond donors (Lipinski definition) is 2. The van der Waals surface area contributed by atoms with Crippen molar-refractivity contribution in [1.82, 2.24) is 0 Å². The third-order valence-corrected chi connectivity index (χ3v) is 9.65. The van der Waals surface area contributed by atoms with Crippen molar-refractivity contribution in [3.63, 3.8) is 0 Å². The molecule has 0 heterocycles. The Hall–Kier alpha value is -3.15. The Morgan fingerprint density at radius 1 is 0.878 bits per heavy atom. The first-order valence-electron chi connectivity index (χ1n) is 12.4. The fraction of sp³-hybridized carbons (Fsp3) is 0.0370. The van der Waals surface area contributed by atoms with Gasteiger partial charge in [-0.1, -0.05) is 24.8 Å². The number of ketones is 1. The molecule has 0 fully saturated rings. The average molecular weight is 766 g/mol. The molecule has 0 atom stereocenters. The van der Waals surface area contributed by atoms with Crippen molar-refractivity contribution in [3.8, 4) is 0 Å². The number of azo groups is 1. The van der Waals surface area contributed by atoms with Gasteiger partial charge in [0, 0.05) is 22.2 Å². The zero-order valence-corrected chi connectivity index (χ0v) is 33.1. The first kappa shape index (κ1) is 43.9. The van der Waals surface area contributed by atoms with Crippen LogP contribution in [0.2, 0.25) is 0 Å². The Labute approximate surface area is 327 Å². The van der Waals surface area contributed by atoms with Gasteiger partial charge in [0.25, 0.3) is 0 Å². The van der Waals surface area contributed by atoms with E-state index in [0.717, 1.165) is 16.9 Å². The molecule has 1 aliphatic carbocycles. The van der Waals surface area contributed by atoms with Crippen LogP contribution in [0.4, 0.5) is 22.7 Å². The number of carbonyl (C=O) groups is 1. The summed E-state index contributed by atoms with van der Waals surface area (Å²) in [5.74, 6) is -0.783. The van der Waals surface area contributed by atoms with Crippen LogP contribution in [0.25, 0.3) is 6.08 Å². The number of fused-ring (bicyclic) bond motifs is 1. The Balaban J connectivity index is 0.00000189. The van der Waals surface area contributed by atoms with E-state index in [0.29, 0.717) is 11.3 Å². The van der Waals surface area contributed by atoms with Gasteiger partial charge in [-0.3, -0.25) is 5.43 Å². The van der Waals surface area contributed by atoms with Crippen LogP contribution in [0, 0.1) is 13.0 Å². The second-order valence-electron chi connectivity index (χ2n) is 9.05. The molecule has 3 aromatic carbocycles. The van der Waals surface area contributed by atoms with Gasteiger partial charge in [-0.15, -0.1) is 23.3 Å². The maximum Gasteiger partial charge on any atom is 1.00 e. The summed E-state index contributed by atoms with van der Waals surface area (Å²) in [6.45, 7) is 8.06. The Morgan fingerprint density at radius 2 is 1.41 bits per heavy atom. The molecule has 0 saturated heterocycles. The van der Waals surface area contributed by atoms with Gasteiger partial charge in [0.1, 0.15) is 21.6 Å². The van der Waals surface area contributed by atoms with Crippen molar-refractivity contribution < 1.29 is 106 Å². The molecule has 0 spiro atoms. The van der Waals surface area contributed by atoms with Gasteiger partial charge < -0.3 is 15.1 Å². The summed E-state index contributed by atoms with van der Waals surface area (Å²) >= 11 is 0. The summed E-state index contributed by atoms with van der Waals surface area (Å²) in [7, 11) is -15.6. The number of Topliss-reactive ketones (excluding diaryl/α,β-unsaturated/α-hetero) is 1. The quantitative estimate of drug-likeness (QED) is 0.0558. The predicted molar refractivity (Wildman–Crippen MR) is 168 cm³/mol. The van der Waals surface area contributed by atoms with Gasteiger partial charge in [0.15, 0.2) is 19.7 Å². The number of hydrazone groups is 1. The largest absolute Gasteiger partial charge is 1.00 e. The molecule has 4 rings (SSSR count). The number of allylic oxidation sites excluding steroid dienone is 1. The molecule has 0 unspecified atom stereocenters. The normalized spacial score (nSPS) is 13.3. The van der Waals surface area contributed by atoms with Crippen LogP contribution in [0.15, 0.2) is 103 Å². The third-order valence-electron chi connectivity index (χ3n) is 6.08. The molecule has 3 aromatic rings. The van der Waals surface area contributed by atoms with Gasteiger partial charge in [-0.05, 0) is 55.0 Å². The number of carbonyl (C=O) groups excluding carboxylic acids is 1. The van der Waals surface area contributed by atoms with Crippen LogP contribution in [0.5, 0.6) is 0 Å². The summed E-state index contributed by atoms with van der Waals surface area (Å²) in [4.78, 5) is 12.4. The average Bonchev–Trinajstić information content (AvgIpc) is 3.00. The topological polar surface area (TPSA) is 269 Å².